The predicted molar refractivity (Wildman–Crippen MR) is 130 cm³/mol. The van der Waals surface area contributed by atoms with Crippen LogP contribution in [-0.2, 0) is 11.3 Å². The summed E-state index contributed by atoms with van der Waals surface area (Å²) in [5.74, 6) is 0.622. The first-order chi connectivity index (χ1) is 15.2. The molecule has 0 unspecified atom stereocenters. The van der Waals surface area contributed by atoms with Crippen LogP contribution in [0, 0.1) is 0 Å². The Morgan fingerprint density at radius 1 is 0.935 bits per heavy atom. The highest BCUT2D eigenvalue weighted by atomic mass is 16.5. The zero-order valence-corrected chi connectivity index (χ0v) is 19.7. The molecule has 31 heavy (non-hydrogen) atoms. The molecule has 1 aromatic carbocycles. The van der Waals surface area contributed by atoms with Crippen LogP contribution in [0.25, 0.3) is 0 Å². The zero-order valence-electron chi connectivity index (χ0n) is 19.7. The molecule has 0 saturated heterocycles. The molecule has 1 amide bonds. The van der Waals surface area contributed by atoms with Gasteiger partial charge in [-0.25, -0.2) is 0 Å². The van der Waals surface area contributed by atoms with E-state index >= 15 is 0 Å². The largest absolute Gasteiger partial charge is 0.504 e. The summed E-state index contributed by atoms with van der Waals surface area (Å²) in [6.07, 6.45) is 24.2. The lowest BCUT2D eigenvalue weighted by atomic mass is 10.1. The minimum Gasteiger partial charge on any atom is -0.504 e. The van der Waals surface area contributed by atoms with Crippen LogP contribution in [0.1, 0.15) is 96.0 Å². The van der Waals surface area contributed by atoms with Gasteiger partial charge in [0.1, 0.15) is 0 Å². The maximum atomic E-state index is 12.0. The molecule has 2 N–H and O–H groups in total. The van der Waals surface area contributed by atoms with Gasteiger partial charge in [-0.05, 0) is 49.8 Å². The van der Waals surface area contributed by atoms with E-state index in [1.807, 2.05) is 0 Å². The third kappa shape index (κ3) is 14.4. The Morgan fingerprint density at radius 3 is 2.26 bits per heavy atom. The van der Waals surface area contributed by atoms with E-state index in [9.17, 15) is 9.90 Å². The van der Waals surface area contributed by atoms with Crippen LogP contribution in [0.4, 0.5) is 0 Å². The van der Waals surface area contributed by atoms with E-state index in [1.54, 1.807) is 18.2 Å². The van der Waals surface area contributed by atoms with Gasteiger partial charge in [-0.1, -0.05) is 82.2 Å². The molecule has 0 atom stereocenters. The Hall–Kier alpha value is -2.23. The fourth-order valence-electron chi connectivity index (χ4n) is 3.38. The van der Waals surface area contributed by atoms with Gasteiger partial charge in [0.25, 0.3) is 0 Å². The first kappa shape index (κ1) is 26.8. The number of allylic oxidation sites excluding steroid dienone is 4. The molecule has 0 aliphatic rings. The lowest BCUT2D eigenvalue weighted by Gasteiger charge is -2.08. The van der Waals surface area contributed by atoms with E-state index in [1.165, 1.54) is 64.9 Å². The molecule has 1 rings (SSSR count). The Balaban J connectivity index is 1.92. The first-order valence-corrected chi connectivity index (χ1v) is 12.1. The summed E-state index contributed by atoms with van der Waals surface area (Å²) in [7, 11) is 1.52. The number of hydrogen-bond acceptors (Lipinski definition) is 3. The Bertz CT molecular complexity index is 652. The molecule has 174 valence electrons. The molecule has 0 heterocycles. The summed E-state index contributed by atoms with van der Waals surface area (Å²) >= 11 is 0. The van der Waals surface area contributed by atoms with Crippen LogP contribution in [0.2, 0.25) is 0 Å². The second-order valence-corrected chi connectivity index (χ2v) is 8.12. The third-order valence-electron chi connectivity index (χ3n) is 5.34. The van der Waals surface area contributed by atoms with Gasteiger partial charge in [-0.15, -0.1) is 0 Å². The van der Waals surface area contributed by atoms with Crippen molar-refractivity contribution >= 4 is 5.91 Å². The Morgan fingerprint density at radius 2 is 1.58 bits per heavy atom. The van der Waals surface area contributed by atoms with Gasteiger partial charge in [-0.2, -0.15) is 0 Å². The van der Waals surface area contributed by atoms with E-state index < -0.39 is 0 Å². The van der Waals surface area contributed by atoms with Crippen molar-refractivity contribution in [2.75, 3.05) is 7.11 Å². The van der Waals surface area contributed by atoms with Crippen molar-refractivity contribution in [2.45, 2.75) is 96.9 Å². The second kappa shape index (κ2) is 18.5. The molecule has 0 fully saturated rings. The molecule has 0 spiro atoms. The highest BCUT2D eigenvalue weighted by molar-refractivity contribution is 5.75. The summed E-state index contributed by atoms with van der Waals surface area (Å²) < 4.78 is 5.09. The minimum absolute atomic E-state index is 0.0824. The van der Waals surface area contributed by atoms with Crippen LogP contribution in [0.5, 0.6) is 11.5 Å². The lowest BCUT2D eigenvalue weighted by molar-refractivity contribution is -0.121. The van der Waals surface area contributed by atoms with Crippen molar-refractivity contribution in [2.24, 2.45) is 0 Å². The van der Waals surface area contributed by atoms with Crippen LogP contribution >= 0.6 is 0 Å². The number of phenolic OH excluding ortho intramolecular Hbond substituents is 1. The quantitative estimate of drug-likeness (QED) is 0.191. The fraction of sp³-hybridized carbons (Fsp3) is 0.593. The molecule has 0 aliphatic heterocycles. The van der Waals surface area contributed by atoms with Crippen LogP contribution in [0.15, 0.2) is 42.5 Å². The van der Waals surface area contributed by atoms with Crippen molar-refractivity contribution in [3.8, 4) is 11.5 Å². The van der Waals surface area contributed by atoms with Crippen molar-refractivity contribution in [3.63, 3.8) is 0 Å². The van der Waals surface area contributed by atoms with Gasteiger partial charge < -0.3 is 15.2 Å². The van der Waals surface area contributed by atoms with Gasteiger partial charge in [0.05, 0.1) is 7.11 Å². The third-order valence-corrected chi connectivity index (χ3v) is 5.34. The summed E-state index contributed by atoms with van der Waals surface area (Å²) in [6.45, 7) is 2.69. The number of ether oxygens (including phenoxy) is 1. The number of rotatable bonds is 18. The van der Waals surface area contributed by atoms with Crippen LogP contribution < -0.4 is 10.1 Å². The normalized spacial score (nSPS) is 11.4. The van der Waals surface area contributed by atoms with Crippen molar-refractivity contribution in [1.82, 2.24) is 5.32 Å². The monoisotopic (exact) mass is 429 g/mol. The number of hydrogen-bond donors (Lipinski definition) is 2. The lowest BCUT2D eigenvalue weighted by Crippen LogP contribution is -2.22. The van der Waals surface area contributed by atoms with Crippen molar-refractivity contribution in [1.29, 1.82) is 0 Å². The number of methoxy groups -OCH3 is 1. The van der Waals surface area contributed by atoms with E-state index in [0.717, 1.165) is 24.8 Å². The van der Waals surface area contributed by atoms with Gasteiger partial charge in [0.15, 0.2) is 11.5 Å². The van der Waals surface area contributed by atoms with Crippen molar-refractivity contribution < 1.29 is 14.6 Å². The summed E-state index contributed by atoms with van der Waals surface area (Å²) in [6, 6.07) is 5.13. The van der Waals surface area contributed by atoms with Gasteiger partial charge in [0.2, 0.25) is 5.91 Å². The standard InChI is InChI=1S/C27H43NO3/c1-3-4-5-6-7-8-9-10-11-12-13-14-15-16-17-18-19-27(30)28-23-24-20-21-25(29)26(22-24)31-2/h6-7,9-10,20-22,29H,3-5,8,11-19,23H2,1-2H3,(H,28,30)/b7-6+,10-9+. The van der Waals surface area contributed by atoms with Crippen LogP contribution in [-0.4, -0.2) is 18.1 Å². The number of carbonyl (C=O) groups excluding carboxylic acids is 1. The molecule has 0 bridgehead atoms. The molecule has 4 nitrogen and oxygen atoms in total. The number of phenols is 1. The highest BCUT2D eigenvalue weighted by Gasteiger charge is 2.05. The Labute approximate surface area is 189 Å². The number of aromatic hydroxyl groups is 1. The molecular weight excluding hydrogens is 386 g/mol. The summed E-state index contributed by atoms with van der Waals surface area (Å²) in [5, 5.41) is 12.5. The second-order valence-electron chi connectivity index (χ2n) is 8.12. The number of nitrogens with one attached hydrogen (secondary N) is 1. The maximum Gasteiger partial charge on any atom is 0.220 e. The van der Waals surface area contributed by atoms with Gasteiger partial charge in [0, 0.05) is 13.0 Å². The summed E-state index contributed by atoms with van der Waals surface area (Å²) in [4.78, 5) is 12.0. The van der Waals surface area contributed by atoms with E-state index in [-0.39, 0.29) is 11.7 Å². The zero-order chi connectivity index (χ0) is 22.6. The average Bonchev–Trinajstić information content (AvgIpc) is 2.78. The van der Waals surface area contributed by atoms with Gasteiger partial charge in [-0.3, -0.25) is 4.79 Å². The molecule has 0 saturated carbocycles. The molecule has 0 aliphatic carbocycles. The van der Waals surface area contributed by atoms with Gasteiger partial charge >= 0.3 is 0 Å². The topological polar surface area (TPSA) is 58.6 Å². The fourth-order valence-corrected chi connectivity index (χ4v) is 3.38. The molecule has 1 aromatic rings. The molecule has 0 aromatic heterocycles. The number of amides is 1. The van der Waals surface area contributed by atoms with E-state index in [4.69, 9.17) is 4.74 Å². The SMILES string of the molecule is CCCC/C=C/C/C=C/CCCCCCCCCC(=O)NCc1ccc(O)c(OC)c1. The molecule has 4 heteroatoms. The highest BCUT2D eigenvalue weighted by Crippen LogP contribution is 2.26. The molecular formula is C27H43NO3. The first-order valence-electron chi connectivity index (χ1n) is 12.1. The Kier molecular flexibility index (Phi) is 16.0. The maximum absolute atomic E-state index is 12.0. The number of unbranched alkanes of at least 4 members (excludes halogenated alkanes) is 9. The number of benzene rings is 1. The van der Waals surface area contributed by atoms with Crippen molar-refractivity contribution in [3.05, 3.63) is 48.1 Å². The summed E-state index contributed by atoms with van der Waals surface area (Å²) in [5.41, 5.74) is 0.918. The van der Waals surface area contributed by atoms with E-state index in [2.05, 4.69) is 36.5 Å². The minimum atomic E-state index is 0.0824. The molecule has 0 radical (unpaired) electrons. The average molecular weight is 430 g/mol. The predicted octanol–water partition coefficient (Wildman–Crippen LogP) is 7.22. The van der Waals surface area contributed by atoms with E-state index in [0.29, 0.717) is 18.7 Å². The smallest absolute Gasteiger partial charge is 0.220 e. The number of carbonyl (C=O) groups is 1. The van der Waals surface area contributed by atoms with Crippen LogP contribution in [0.3, 0.4) is 0 Å².